The second kappa shape index (κ2) is 7.38. The van der Waals surface area contributed by atoms with Gasteiger partial charge in [0.15, 0.2) is 0 Å². The second-order valence-electron chi connectivity index (χ2n) is 5.74. The van der Waals surface area contributed by atoms with Crippen molar-refractivity contribution in [3.63, 3.8) is 0 Å². The van der Waals surface area contributed by atoms with Crippen LogP contribution in [0.2, 0.25) is 0 Å². The Balaban J connectivity index is 1.90. The van der Waals surface area contributed by atoms with Gasteiger partial charge in [-0.2, -0.15) is 0 Å². The maximum Gasteiger partial charge on any atom is 0.261 e. The number of nitrogens with one attached hydrogen (secondary N) is 1. The molecule has 0 aliphatic carbocycles. The maximum absolute atomic E-state index is 12.3. The Morgan fingerprint density at radius 1 is 1.33 bits per heavy atom. The summed E-state index contributed by atoms with van der Waals surface area (Å²) < 4.78 is 1.26. The van der Waals surface area contributed by atoms with Gasteiger partial charge >= 0.3 is 0 Å². The van der Waals surface area contributed by atoms with E-state index >= 15 is 0 Å². The van der Waals surface area contributed by atoms with Crippen molar-refractivity contribution in [2.45, 2.75) is 39.2 Å². The van der Waals surface area contributed by atoms with E-state index in [1.54, 1.807) is 22.7 Å². The van der Waals surface area contributed by atoms with Crippen LogP contribution >= 0.6 is 22.7 Å². The minimum atomic E-state index is 0.0683. The van der Waals surface area contributed by atoms with E-state index in [9.17, 15) is 4.79 Å². The van der Waals surface area contributed by atoms with Crippen LogP contribution in [0, 0.1) is 0 Å². The predicted octanol–water partition coefficient (Wildman–Crippen LogP) is 3.99. The number of thiophene rings is 2. The van der Waals surface area contributed by atoms with E-state index in [-0.39, 0.29) is 11.9 Å². The summed E-state index contributed by atoms with van der Waals surface area (Å²) in [6.07, 6.45) is 3.19. The summed E-state index contributed by atoms with van der Waals surface area (Å²) in [5.74, 6) is 0.0683. The quantitative estimate of drug-likeness (QED) is 0.835. The second-order valence-corrected chi connectivity index (χ2v) is 8.19. The molecule has 1 unspecified atom stereocenters. The molecule has 0 fully saturated rings. The van der Waals surface area contributed by atoms with Crippen molar-refractivity contribution in [2.75, 3.05) is 20.6 Å². The molecule has 2 aromatic rings. The molecule has 116 valence electrons. The van der Waals surface area contributed by atoms with Crippen molar-refractivity contribution in [2.24, 2.45) is 0 Å². The third kappa shape index (κ3) is 4.53. The van der Waals surface area contributed by atoms with Crippen molar-refractivity contribution >= 4 is 38.0 Å². The summed E-state index contributed by atoms with van der Waals surface area (Å²) >= 11 is 3.42. The first-order valence-electron chi connectivity index (χ1n) is 7.47. The van der Waals surface area contributed by atoms with E-state index in [1.165, 1.54) is 14.3 Å². The summed E-state index contributed by atoms with van der Waals surface area (Å²) in [7, 11) is 4.15. The number of carbonyl (C=O) groups excluding carboxylic acids is 1. The van der Waals surface area contributed by atoms with Gasteiger partial charge in [-0.3, -0.25) is 4.79 Å². The van der Waals surface area contributed by atoms with E-state index < -0.39 is 0 Å². The Morgan fingerprint density at radius 3 is 2.71 bits per heavy atom. The third-order valence-corrected chi connectivity index (χ3v) is 5.99. The fraction of sp³-hybridized carbons (Fsp3) is 0.562. The van der Waals surface area contributed by atoms with Crippen LogP contribution in [0.5, 0.6) is 0 Å². The van der Waals surface area contributed by atoms with Crippen LogP contribution in [-0.2, 0) is 6.42 Å². The Labute approximate surface area is 135 Å². The maximum atomic E-state index is 12.3. The third-order valence-electron chi connectivity index (χ3n) is 3.46. The minimum Gasteiger partial charge on any atom is -0.349 e. The van der Waals surface area contributed by atoms with Gasteiger partial charge in [-0.15, -0.1) is 22.7 Å². The Bertz CT molecular complexity index is 569. The van der Waals surface area contributed by atoms with Gasteiger partial charge < -0.3 is 10.2 Å². The molecule has 1 N–H and O–H groups in total. The topological polar surface area (TPSA) is 32.3 Å². The van der Waals surface area contributed by atoms with Gasteiger partial charge in [0.25, 0.3) is 5.91 Å². The zero-order valence-corrected chi connectivity index (χ0v) is 14.9. The van der Waals surface area contributed by atoms with Gasteiger partial charge in [0.1, 0.15) is 0 Å². The predicted molar refractivity (Wildman–Crippen MR) is 93.8 cm³/mol. The fourth-order valence-electron chi connectivity index (χ4n) is 2.26. The van der Waals surface area contributed by atoms with Crippen LogP contribution in [0.15, 0.2) is 12.1 Å². The standard InChI is InChI=1S/C16H24N2OS2/c1-5-13-9-12-10-14(21-16(12)20-13)15(19)17-11(2)7-6-8-18(3)4/h9-11H,5-8H2,1-4H3,(H,17,19). The lowest BCUT2D eigenvalue weighted by Gasteiger charge is -2.15. The minimum absolute atomic E-state index is 0.0683. The van der Waals surface area contributed by atoms with Crippen molar-refractivity contribution in [3.05, 3.63) is 21.9 Å². The lowest BCUT2D eigenvalue weighted by molar-refractivity contribution is 0.0942. The van der Waals surface area contributed by atoms with Crippen LogP contribution in [0.1, 0.15) is 41.2 Å². The summed E-state index contributed by atoms with van der Waals surface area (Å²) in [6.45, 7) is 5.31. The van der Waals surface area contributed by atoms with E-state index in [0.717, 1.165) is 30.7 Å². The first-order chi connectivity index (χ1) is 9.99. The first-order valence-corrected chi connectivity index (χ1v) is 9.10. The summed E-state index contributed by atoms with van der Waals surface area (Å²) in [4.78, 5) is 16.7. The number of hydrogen-bond donors (Lipinski definition) is 1. The van der Waals surface area contributed by atoms with E-state index in [4.69, 9.17) is 0 Å². The number of aryl methyl sites for hydroxylation is 1. The van der Waals surface area contributed by atoms with Crippen molar-refractivity contribution in [1.82, 2.24) is 10.2 Å². The molecule has 2 heterocycles. The number of fused-ring (bicyclic) bond motifs is 1. The highest BCUT2D eigenvalue weighted by Crippen LogP contribution is 2.33. The Hall–Kier alpha value is -0.910. The number of hydrogen-bond acceptors (Lipinski definition) is 4. The van der Waals surface area contributed by atoms with Gasteiger partial charge in [0.2, 0.25) is 0 Å². The molecule has 0 bridgehead atoms. The molecule has 0 spiro atoms. The highest BCUT2D eigenvalue weighted by molar-refractivity contribution is 7.39. The molecular formula is C16H24N2OS2. The number of carbonyl (C=O) groups is 1. The molecule has 0 radical (unpaired) electrons. The van der Waals surface area contributed by atoms with Gasteiger partial charge in [-0.25, -0.2) is 0 Å². The average molecular weight is 325 g/mol. The SMILES string of the molecule is CCc1cc2cc(C(=O)NC(C)CCCN(C)C)sc2s1. The Morgan fingerprint density at radius 2 is 2.10 bits per heavy atom. The molecule has 0 aliphatic heterocycles. The van der Waals surface area contributed by atoms with Crippen LogP contribution in [0.4, 0.5) is 0 Å². The summed E-state index contributed by atoms with van der Waals surface area (Å²) in [6, 6.07) is 4.45. The Kier molecular flexibility index (Phi) is 5.79. The van der Waals surface area contributed by atoms with Gasteiger partial charge in [0, 0.05) is 16.3 Å². The smallest absolute Gasteiger partial charge is 0.261 e. The highest BCUT2D eigenvalue weighted by Gasteiger charge is 2.14. The molecule has 2 rings (SSSR count). The fourth-order valence-corrected chi connectivity index (χ4v) is 4.59. The summed E-state index contributed by atoms with van der Waals surface area (Å²) in [5.41, 5.74) is 0. The first kappa shape index (κ1) is 16.5. The zero-order chi connectivity index (χ0) is 15.4. The monoisotopic (exact) mass is 324 g/mol. The molecule has 0 aromatic carbocycles. The normalized spacial score (nSPS) is 13.0. The van der Waals surface area contributed by atoms with Gasteiger partial charge in [0.05, 0.1) is 8.89 Å². The van der Waals surface area contributed by atoms with Crippen molar-refractivity contribution < 1.29 is 4.79 Å². The molecule has 21 heavy (non-hydrogen) atoms. The molecule has 3 nitrogen and oxygen atoms in total. The van der Waals surface area contributed by atoms with Gasteiger partial charge in [-0.1, -0.05) is 6.92 Å². The van der Waals surface area contributed by atoms with E-state index in [0.29, 0.717) is 0 Å². The largest absolute Gasteiger partial charge is 0.349 e. The van der Waals surface area contributed by atoms with Crippen LogP contribution in [0.25, 0.3) is 9.40 Å². The zero-order valence-electron chi connectivity index (χ0n) is 13.2. The molecular weight excluding hydrogens is 300 g/mol. The molecule has 1 atom stereocenters. The van der Waals surface area contributed by atoms with Crippen molar-refractivity contribution in [3.8, 4) is 0 Å². The van der Waals surface area contributed by atoms with Crippen LogP contribution in [0.3, 0.4) is 0 Å². The molecule has 0 saturated carbocycles. The number of amides is 1. The highest BCUT2D eigenvalue weighted by atomic mass is 32.2. The van der Waals surface area contributed by atoms with Crippen molar-refractivity contribution in [1.29, 1.82) is 0 Å². The number of nitrogens with zero attached hydrogens (tertiary/aromatic N) is 1. The van der Waals surface area contributed by atoms with E-state index in [2.05, 4.69) is 44.2 Å². The lowest BCUT2D eigenvalue weighted by atomic mass is 10.2. The lowest BCUT2D eigenvalue weighted by Crippen LogP contribution is -2.32. The average Bonchev–Trinajstić information content (AvgIpc) is 2.95. The van der Waals surface area contributed by atoms with Crippen LogP contribution in [-0.4, -0.2) is 37.5 Å². The summed E-state index contributed by atoms with van der Waals surface area (Å²) in [5, 5.41) is 4.32. The number of rotatable bonds is 7. The molecule has 5 heteroatoms. The van der Waals surface area contributed by atoms with Crippen LogP contribution < -0.4 is 5.32 Å². The molecule has 1 amide bonds. The van der Waals surface area contributed by atoms with E-state index in [1.807, 2.05) is 6.07 Å². The van der Waals surface area contributed by atoms with Gasteiger partial charge in [-0.05, 0) is 59.0 Å². The molecule has 0 saturated heterocycles. The molecule has 0 aliphatic rings. The molecule has 2 aromatic heterocycles.